The van der Waals surface area contributed by atoms with Gasteiger partial charge in [-0.05, 0) is 32.0 Å². The molecule has 1 aliphatic rings. The number of nitrogens with one attached hydrogen (secondary N) is 1. The van der Waals surface area contributed by atoms with Gasteiger partial charge in [0.2, 0.25) is 5.91 Å². The summed E-state index contributed by atoms with van der Waals surface area (Å²) in [5, 5.41) is 2.70. The van der Waals surface area contributed by atoms with Gasteiger partial charge in [0.05, 0.1) is 30.1 Å². The van der Waals surface area contributed by atoms with E-state index in [0.29, 0.717) is 5.69 Å². The minimum Gasteiger partial charge on any atom is -0.397 e. The molecule has 1 heterocycles. The van der Waals surface area contributed by atoms with Crippen molar-refractivity contribution in [1.29, 1.82) is 0 Å². The standard InChI is InChI=1S/C14H20FN3O2/c1-9-6-18(7-10(2)20-9)8-14(19)17-13-4-3-11(15)5-12(13)16/h3-5,9-10H,6-8,16H2,1-2H3,(H,17,19)/t9-,10+. The fourth-order valence-electron chi connectivity index (χ4n) is 2.45. The maximum absolute atomic E-state index is 12.9. The molecule has 20 heavy (non-hydrogen) atoms. The van der Waals surface area contributed by atoms with Crippen LogP contribution in [0.1, 0.15) is 13.8 Å². The lowest BCUT2D eigenvalue weighted by Crippen LogP contribution is -2.48. The molecule has 0 radical (unpaired) electrons. The zero-order valence-electron chi connectivity index (χ0n) is 11.7. The number of nitrogens with zero attached hydrogens (tertiary/aromatic N) is 1. The first-order chi connectivity index (χ1) is 9.44. The van der Waals surface area contributed by atoms with Gasteiger partial charge in [-0.3, -0.25) is 9.69 Å². The number of carbonyl (C=O) groups is 1. The third-order valence-electron chi connectivity index (χ3n) is 3.15. The van der Waals surface area contributed by atoms with Crippen molar-refractivity contribution in [3.05, 3.63) is 24.0 Å². The van der Waals surface area contributed by atoms with E-state index in [2.05, 4.69) is 5.32 Å². The van der Waals surface area contributed by atoms with E-state index in [-0.39, 0.29) is 30.3 Å². The van der Waals surface area contributed by atoms with Crippen molar-refractivity contribution in [3.63, 3.8) is 0 Å². The fourth-order valence-corrected chi connectivity index (χ4v) is 2.45. The Balaban J connectivity index is 1.92. The van der Waals surface area contributed by atoms with Gasteiger partial charge in [0.1, 0.15) is 5.82 Å². The molecule has 3 N–H and O–H groups in total. The number of halogens is 1. The topological polar surface area (TPSA) is 67.6 Å². The second-order valence-electron chi connectivity index (χ2n) is 5.23. The van der Waals surface area contributed by atoms with E-state index in [1.165, 1.54) is 18.2 Å². The first-order valence-electron chi connectivity index (χ1n) is 6.66. The monoisotopic (exact) mass is 281 g/mol. The molecule has 2 rings (SSSR count). The molecule has 6 heteroatoms. The average molecular weight is 281 g/mol. The first kappa shape index (κ1) is 14.7. The van der Waals surface area contributed by atoms with Gasteiger partial charge in [0, 0.05) is 13.1 Å². The van der Waals surface area contributed by atoms with Gasteiger partial charge in [-0.15, -0.1) is 0 Å². The Bertz CT molecular complexity index is 485. The number of hydrogen-bond acceptors (Lipinski definition) is 4. The van der Waals surface area contributed by atoms with E-state index < -0.39 is 5.82 Å². The third-order valence-corrected chi connectivity index (χ3v) is 3.15. The Hall–Kier alpha value is -1.66. The number of nitrogen functional groups attached to an aromatic ring is 1. The molecular formula is C14H20FN3O2. The summed E-state index contributed by atoms with van der Waals surface area (Å²) in [6.45, 7) is 5.68. The predicted molar refractivity (Wildman–Crippen MR) is 75.9 cm³/mol. The molecule has 0 spiro atoms. The molecule has 1 aromatic rings. The van der Waals surface area contributed by atoms with Crippen molar-refractivity contribution in [3.8, 4) is 0 Å². The Labute approximate surface area is 117 Å². The summed E-state index contributed by atoms with van der Waals surface area (Å²) < 4.78 is 18.5. The van der Waals surface area contributed by atoms with Crippen molar-refractivity contribution < 1.29 is 13.9 Å². The second-order valence-corrected chi connectivity index (χ2v) is 5.23. The van der Waals surface area contributed by atoms with E-state index in [4.69, 9.17) is 10.5 Å². The van der Waals surface area contributed by atoms with Crippen molar-refractivity contribution in [2.24, 2.45) is 0 Å². The van der Waals surface area contributed by atoms with Gasteiger partial charge in [-0.1, -0.05) is 0 Å². The van der Waals surface area contributed by atoms with Crippen molar-refractivity contribution in [1.82, 2.24) is 4.90 Å². The second kappa shape index (κ2) is 6.19. The molecule has 1 amide bonds. The van der Waals surface area contributed by atoms with E-state index in [0.717, 1.165) is 13.1 Å². The van der Waals surface area contributed by atoms with Gasteiger partial charge < -0.3 is 15.8 Å². The Morgan fingerprint density at radius 2 is 2.10 bits per heavy atom. The highest BCUT2D eigenvalue weighted by Gasteiger charge is 2.23. The number of ether oxygens (including phenoxy) is 1. The minimum atomic E-state index is -0.420. The van der Waals surface area contributed by atoms with Crippen molar-refractivity contribution in [2.45, 2.75) is 26.1 Å². The molecule has 0 bridgehead atoms. The predicted octanol–water partition coefficient (Wildman–Crippen LogP) is 1.46. The number of amides is 1. The van der Waals surface area contributed by atoms with Gasteiger partial charge in [-0.25, -0.2) is 4.39 Å². The highest BCUT2D eigenvalue weighted by atomic mass is 19.1. The number of hydrogen-bond donors (Lipinski definition) is 2. The van der Waals surface area contributed by atoms with Gasteiger partial charge in [0.25, 0.3) is 0 Å². The molecule has 2 atom stereocenters. The van der Waals surface area contributed by atoms with E-state index in [1.54, 1.807) is 0 Å². The highest BCUT2D eigenvalue weighted by Crippen LogP contribution is 2.19. The van der Waals surface area contributed by atoms with Crippen molar-refractivity contribution >= 4 is 17.3 Å². The van der Waals surface area contributed by atoms with Crippen LogP contribution in [-0.4, -0.2) is 42.6 Å². The van der Waals surface area contributed by atoms with Crippen LogP contribution in [-0.2, 0) is 9.53 Å². The molecule has 0 aromatic heterocycles. The third kappa shape index (κ3) is 3.91. The molecule has 1 fully saturated rings. The van der Waals surface area contributed by atoms with E-state index in [9.17, 15) is 9.18 Å². The quantitative estimate of drug-likeness (QED) is 0.823. The average Bonchev–Trinajstić information content (AvgIpc) is 2.31. The number of nitrogens with two attached hydrogens (primary N) is 1. The molecule has 1 aromatic carbocycles. The van der Waals surface area contributed by atoms with Crippen molar-refractivity contribution in [2.75, 3.05) is 30.7 Å². The van der Waals surface area contributed by atoms with Crippen LogP contribution in [0.15, 0.2) is 18.2 Å². The van der Waals surface area contributed by atoms with Crippen LogP contribution < -0.4 is 11.1 Å². The van der Waals surface area contributed by atoms with E-state index >= 15 is 0 Å². The maximum atomic E-state index is 12.9. The summed E-state index contributed by atoms with van der Waals surface area (Å²) in [4.78, 5) is 14.0. The lowest BCUT2D eigenvalue weighted by atomic mass is 10.2. The smallest absolute Gasteiger partial charge is 0.238 e. The summed E-state index contributed by atoms with van der Waals surface area (Å²) in [6, 6.07) is 3.92. The molecular weight excluding hydrogens is 261 g/mol. The fraction of sp³-hybridized carbons (Fsp3) is 0.500. The van der Waals surface area contributed by atoms with Crippen LogP contribution in [0.5, 0.6) is 0 Å². The number of morpholine rings is 1. The molecule has 1 aliphatic heterocycles. The van der Waals surface area contributed by atoms with Gasteiger partial charge in [-0.2, -0.15) is 0 Å². The van der Waals surface area contributed by atoms with E-state index in [1.807, 2.05) is 18.7 Å². The van der Waals surface area contributed by atoms with Crippen LogP contribution in [0.2, 0.25) is 0 Å². The number of anilines is 2. The van der Waals surface area contributed by atoms with Crippen LogP contribution in [0, 0.1) is 5.82 Å². The summed E-state index contributed by atoms with van der Waals surface area (Å²) in [5.74, 6) is -0.582. The summed E-state index contributed by atoms with van der Waals surface area (Å²) >= 11 is 0. The zero-order valence-corrected chi connectivity index (χ0v) is 11.7. The Morgan fingerprint density at radius 3 is 2.70 bits per heavy atom. The highest BCUT2D eigenvalue weighted by molar-refractivity contribution is 5.95. The molecule has 1 saturated heterocycles. The van der Waals surface area contributed by atoms with Crippen LogP contribution >= 0.6 is 0 Å². The van der Waals surface area contributed by atoms with Gasteiger partial charge in [0.15, 0.2) is 0 Å². The zero-order chi connectivity index (χ0) is 14.7. The lowest BCUT2D eigenvalue weighted by molar-refractivity contribution is -0.121. The Kier molecular flexibility index (Phi) is 4.57. The summed E-state index contributed by atoms with van der Waals surface area (Å²) in [7, 11) is 0. The lowest BCUT2D eigenvalue weighted by Gasteiger charge is -2.34. The summed E-state index contributed by atoms with van der Waals surface area (Å²) in [5.41, 5.74) is 6.32. The first-order valence-corrected chi connectivity index (χ1v) is 6.66. The Morgan fingerprint density at radius 1 is 1.45 bits per heavy atom. The minimum absolute atomic E-state index is 0.113. The van der Waals surface area contributed by atoms with Gasteiger partial charge >= 0.3 is 0 Å². The molecule has 0 aliphatic carbocycles. The molecule has 0 saturated carbocycles. The van der Waals surface area contributed by atoms with Crippen LogP contribution in [0.3, 0.4) is 0 Å². The summed E-state index contributed by atoms with van der Waals surface area (Å²) in [6.07, 6.45) is 0.227. The number of carbonyl (C=O) groups excluding carboxylic acids is 1. The number of benzene rings is 1. The largest absolute Gasteiger partial charge is 0.397 e. The number of rotatable bonds is 3. The van der Waals surface area contributed by atoms with Crippen LogP contribution in [0.25, 0.3) is 0 Å². The molecule has 0 unspecified atom stereocenters. The molecule has 5 nitrogen and oxygen atoms in total. The molecule has 110 valence electrons. The maximum Gasteiger partial charge on any atom is 0.238 e. The van der Waals surface area contributed by atoms with Crippen LogP contribution in [0.4, 0.5) is 15.8 Å². The normalized spacial score (nSPS) is 23.6. The SMILES string of the molecule is C[C@@H]1CN(CC(=O)Nc2ccc(F)cc2N)C[C@H](C)O1.